The summed E-state index contributed by atoms with van der Waals surface area (Å²) in [4.78, 5) is 11.8. The van der Waals surface area contributed by atoms with Crippen molar-refractivity contribution in [2.24, 2.45) is 0 Å². The smallest absolute Gasteiger partial charge is 0.306 e. The zero-order valence-electron chi connectivity index (χ0n) is 20.7. The average Bonchev–Trinajstić information content (AvgIpc) is 2.86. The highest BCUT2D eigenvalue weighted by molar-refractivity contribution is 5.70. The molecule has 0 unspecified atom stereocenters. The summed E-state index contributed by atoms with van der Waals surface area (Å²) in [7, 11) is 0. The van der Waals surface area contributed by atoms with Gasteiger partial charge in [-0.15, -0.1) is 0 Å². The Bertz CT molecular complexity index is 1030. The van der Waals surface area contributed by atoms with E-state index in [4.69, 9.17) is 14.2 Å². The number of aliphatic hydroxyl groups excluding tert-OH is 1. The van der Waals surface area contributed by atoms with Crippen molar-refractivity contribution >= 4 is 5.97 Å². The van der Waals surface area contributed by atoms with Crippen LogP contribution in [0.2, 0.25) is 0 Å². The first kappa shape index (κ1) is 26.5. The second kappa shape index (κ2) is 14.3. The van der Waals surface area contributed by atoms with Crippen molar-refractivity contribution in [3.63, 3.8) is 0 Å². The lowest BCUT2D eigenvalue weighted by atomic mass is 9.99. The fourth-order valence-electron chi connectivity index (χ4n) is 3.82. The van der Waals surface area contributed by atoms with Gasteiger partial charge in [0.05, 0.1) is 25.4 Å². The molecule has 0 aliphatic carbocycles. The maximum absolute atomic E-state index is 11.8. The van der Waals surface area contributed by atoms with Crippen LogP contribution in [0.15, 0.2) is 78.9 Å². The molecule has 35 heavy (non-hydrogen) atoms. The topological polar surface area (TPSA) is 65.0 Å². The number of ether oxygens (including phenoxy) is 3. The zero-order valence-corrected chi connectivity index (χ0v) is 20.7. The van der Waals surface area contributed by atoms with Crippen molar-refractivity contribution in [3.05, 3.63) is 101 Å². The van der Waals surface area contributed by atoms with Crippen molar-refractivity contribution in [2.45, 2.75) is 51.7 Å². The Morgan fingerprint density at radius 2 is 1.57 bits per heavy atom. The van der Waals surface area contributed by atoms with Gasteiger partial charge in [-0.05, 0) is 55.0 Å². The maximum Gasteiger partial charge on any atom is 0.306 e. The van der Waals surface area contributed by atoms with Crippen LogP contribution in [-0.2, 0) is 33.5 Å². The van der Waals surface area contributed by atoms with Crippen LogP contribution in [0.3, 0.4) is 0 Å². The van der Waals surface area contributed by atoms with E-state index in [1.54, 1.807) is 0 Å². The number of aliphatic hydroxyl groups is 1. The molecule has 186 valence electrons. The van der Waals surface area contributed by atoms with Crippen molar-refractivity contribution in [2.75, 3.05) is 19.8 Å². The number of benzene rings is 3. The van der Waals surface area contributed by atoms with Crippen LogP contribution in [0, 0.1) is 0 Å². The third-order valence-electron chi connectivity index (χ3n) is 5.57. The van der Waals surface area contributed by atoms with Crippen molar-refractivity contribution < 1.29 is 24.1 Å². The number of para-hydroxylation sites is 1. The fourth-order valence-corrected chi connectivity index (χ4v) is 3.82. The van der Waals surface area contributed by atoms with Gasteiger partial charge in [0.1, 0.15) is 12.4 Å². The molecule has 5 heteroatoms. The molecule has 0 radical (unpaired) electrons. The molecule has 0 spiro atoms. The average molecular weight is 477 g/mol. The lowest BCUT2D eigenvalue weighted by Crippen LogP contribution is -2.13. The first-order valence-electron chi connectivity index (χ1n) is 12.3. The van der Waals surface area contributed by atoms with E-state index in [1.165, 1.54) is 0 Å². The van der Waals surface area contributed by atoms with Crippen LogP contribution >= 0.6 is 0 Å². The summed E-state index contributed by atoms with van der Waals surface area (Å²) in [6.07, 6.45) is 1.63. The lowest BCUT2D eigenvalue weighted by Gasteiger charge is -2.13. The molecule has 0 aromatic heterocycles. The van der Waals surface area contributed by atoms with E-state index in [0.29, 0.717) is 39.1 Å². The number of hydrogen-bond donors (Lipinski definition) is 1. The van der Waals surface area contributed by atoms with Crippen molar-refractivity contribution in [1.82, 2.24) is 0 Å². The molecule has 0 amide bonds. The molecule has 0 aliphatic rings. The van der Waals surface area contributed by atoms with E-state index in [0.717, 1.165) is 34.4 Å². The van der Waals surface area contributed by atoms with E-state index in [1.807, 2.05) is 86.6 Å². The Labute approximate surface area is 208 Å². The summed E-state index contributed by atoms with van der Waals surface area (Å²) in [5.41, 5.74) is 4.16. The highest BCUT2D eigenvalue weighted by Crippen LogP contribution is 2.21. The summed E-state index contributed by atoms with van der Waals surface area (Å²) in [6, 6.07) is 25.8. The third-order valence-corrected chi connectivity index (χ3v) is 5.57. The molecule has 0 aliphatic heterocycles. The van der Waals surface area contributed by atoms with Gasteiger partial charge in [0.15, 0.2) is 0 Å². The molecule has 0 saturated heterocycles. The van der Waals surface area contributed by atoms with E-state index >= 15 is 0 Å². The number of esters is 1. The Kier molecular flexibility index (Phi) is 10.8. The predicted octanol–water partition coefficient (Wildman–Crippen LogP) is 5.49. The quantitative estimate of drug-likeness (QED) is 0.246. The summed E-state index contributed by atoms with van der Waals surface area (Å²) >= 11 is 0. The van der Waals surface area contributed by atoms with E-state index in [9.17, 15) is 9.90 Å². The molecular weight excluding hydrogens is 440 g/mol. The maximum atomic E-state index is 11.8. The van der Waals surface area contributed by atoms with Gasteiger partial charge in [0.2, 0.25) is 0 Å². The van der Waals surface area contributed by atoms with E-state index < -0.39 is 6.10 Å². The van der Waals surface area contributed by atoms with Gasteiger partial charge in [-0.25, -0.2) is 0 Å². The van der Waals surface area contributed by atoms with Gasteiger partial charge in [0, 0.05) is 12.8 Å². The van der Waals surface area contributed by atoms with Gasteiger partial charge < -0.3 is 19.3 Å². The molecule has 1 N–H and O–H groups in total. The second-order valence-electron chi connectivity index (χ2n) is 8.81. The van der Waals surface area contributed by atoms with Crippen LogP contribution < -0.4 is 4.74 Å². The minimum atomic E-state index is -0.529. The molecule has 0 fully saturated rings. The lowest BCUT2D eigenvalue weighted by molar-refractivity contribution is -0.147. The SMILES string of the molecule is CC(C)OC(=O)CCc1ccccc1OCCOCCc1cccc([C@@H](O)Cc2ccccc2)c1. The largest absolute Gasteiger partial charge is 0.491 e. The Balaban J connectivity index is 1.38. The first-order chi connectivity index (χ1) is 17.0. The zero-order chi connectivity index (χ0) is 24.9. The Morgan fingerprint density at radius 3 is 2.37 bits per heavy atom. The molecule has 5 nitrogen and oxygen atoms in total. The van der Waals surface area contributed by atoms with Crippen LogP contribution in [-0.4, -0.2) is 37.0 Å². The minimum absolute atomic E-state index is 0.104. The van der Waals surface area contributed by atoms with Gasteiger partial charge in [-0.1, -0.05) is 72.8 Å². The van der Waals surface area contributed by atoms with Crippen molar-refractivity contribution in [1.29, 1.82) is 0 Å². The van der Waals surface area contributed by atoms with E-state index in [-0.39, 0.29) is 12.1 Å². The number of carbonyl (C=O) groups excluding carboxylic acids is 1. The normalized spacial score (nSPS) is 11.9. The molecule has 0 saturated carbocycles. The second-order valence-corrected chi connectivity index (χ2v) is 8.81. The molecule has 3 rings (SSSR count). The first-order valence-corrected chi connectivity index (χ1v) is 12.3. The predicted molar refractivity (Wildman–Crippen MR) is 138 cm³/mol. The number of aryl methyl sites for hydroxylation is 1. The van der Waals surface area contributed by atoms with Crippen molar-refractivity contribution in [3.8, 4) is 5.75 Å². The third kappa shape index (κ3) is 9.55. The van der Waals surface area contributed by atoms with Gasteiger partial charge >= 0.3 is 5.97 Å². The number of rotatable bonds is 14. The molecular formula is C30H36O5. The van der Waals surface area contributed by atoms with Gasteiger partial charge in [-0.3, -0.25) is 4.79 Å². The van der Waals surface area contributed by atoms with Gasteiger partial charge in [-0.2, -0.15) is 0 Å². The van der Waals surface area contributed by atoms with E-state index in [2.05, 4.69) is 6.07 Å². The molecule has 1 atom stereocenters. The number of hydrogen-bond acceptors (Lipinski definition) is 5. The highest BCUT2D eigenvalue weighted by Gasteiger charge is 2.10. The molecule has 3 aromatic rings. The number of carbonyl (C=O) groups is 1. The Morgan fingerprint density at radius 1 is 0.829 bits per heavy atom. The van der Waals surface area contributed by atoms with Crippen LogP contribution in [0.4, 0.5) is 0 Å². The fraction of sp³-hybridized carbons (Fsp3) is 0.367. The summed E-state index contributed by atoms with van der Waals surface area (Å²) in [5, 5.41) is 10.6. The van der Waals surface area contributed by atoms with Crippen LogP contribution in [0.25, 0.3) is 0 Å². The molecule has 3 aromatic carbocycles. The van der Waals surface area contributed by atoms with Crippen LogP contribution in [0.5, 0.6) is 5.75 Å². The standard InChI is InChI=1S/C30H36O5/c1-23(2)35-30(32)16-15-26-12-6-7-14-29(26)34-20-19-33-18-17-25-11-8-13-27(21-25)28(31)22-24-9-4-3-5-10-24/h3-14,21,23,28,31H,15-20,22H2,1-2H3/t28-/m0/s1. The highest BCUT2D eigenvalue weighted by atomic mass is 16.5. The molecule has 0 heterocycles. The van der Waals surface area contributed by atoms with Gasteiger partial charge in [0.25, 0.3) is 0 Å². The summed E-state index contributed by atoms with van der Waals surface area (Å²) < 4.78 is 16.9. The van der Waals surface area contributed by atoms with Crippen LogP contribution in [0.1, 0.15) is 48.6 Å². The molecule has 0 bridgehead atoms. The Hall–Kier alpha value is -3.15. The summed E-state index contributed by atoms with van der Waals surface area (Å²) in [5.74, 6) is 0.573. The minimum Gasteiger partial charge on any atom is -0.491 e. The monoisotopic (exact) mass is 476 g/mol. The summed E-state index contributed by atoms with van der Waals surface area (Å²) in [6.45, 7) is 5.18.